The van der Waals surface area contributed by atoms with E-state index in [9.17, 15) is 14.7 Å². The van der Waals surface area contributed by atoms with Gasteiger partial charge in [-0.1, -0.05) is 11.6 Å². The van der Waals surface area contributed by atoms with Crippen LogP contribution in [-0.4, -0.2) is 28.6 Å². The van der Waals surface area contributed by atoms with E-state index < -0.39 is 23.5 Å². The van der Waals surface area contributed by atoms with Gasteiger partial charge in [0.1, 0.15) is 12.1 Å². The van der Waals surface area contributed by atoms with Gasteiger partial charge in [-0.15, -0.1) is 0 Å². The number of carbonyl (C=O) groups excluding carboxylic acids is 2. The first-order valence-corrected chi connectivity index (χ1v) is 9.24. The summed E-state index contributed by atoms with van der Waals surface area (Å²) in [5.74, 6) is -1.27. The highest BCUT2D eigenvalue weighted by Gasteiger charge is 2.34. The fourth-order valence-electron chi connectivity index (χ4n) is 2.61. The molecular formula is C21H20ClN5O3. The van der Waals surface area contributed by atoms with E-state index in [1.165, 1.54) is 44.2 Å². The van der Waals surface area contributed by atoms with E-state index in [-0.39, 0.29) is 10.6 Å². The van der Waals surface area contributed by atoms with Crippen LogP contribution < -0.4 is 16.2 Å². The van der Waals surface area contributed by atoms with Gasteiger partial charge in [-0.05, 0) is 62.7 Å². The second kappa shape index (κ2) is 9.27. The number of hydrogen-bond donors (Lipinski definition) is 4. The molecule has 1 unspecified atom stereocenters. The molecule has 9 heteroatoms. The van der Waals surface area contributed by atoms with Crippen molar-refractivity contribution in [2.45, 2.75) is 32.4 Å². The van der Waals surface area contributed by atoms with Crippen LogP contribution in [0.4, 0.5) is 5.69 Å². The minimum atomic E-state index is -1.50. The van der Waals surface area contributed by atoms with E-state index in [1.54, 1.807) is 13.0 Å². The number of benzene rings is 2. The number of aliphatic hydroxyl groups is 1. The smallest absolute Gasteiger partial charge is 0.269 e. The van der Waals surface area contributed by atoms with Gasteiger partial charge < -0.3 is 10.4 Å². The second-order valence-electron chi connectivity index (χ2n) is 7.08. The Morgan fingerprint density at radius 1 is 1.07 bits per heavy atom. The molecule has 2 aromatic carbocycles. The molecule has 30 heavy (non-hydrogen) atoms. The molecule has 0 saturated carbocycles. The van der Waals surface area contributed by atoms with E-state index in [0.29, 0.717) is 22.4 Å². The van der Waals surface area contributed by atoms with Crippen molar-refractivity contribution in [2.24, 2.45) is 0 Å². The zero-order chi connectivity index (χ0) is 22.5. The van der Waals surface area contributed by atoms with Crippen LogP contribution in [-0.2, 0) is 4.79 Å². The van der Waals surface area contributed by atoms with Gasteiger partial charge in [0.15, 0.2) is 0 Å². The topological polar surface area (TPSA) is 138 Å². The molecule has 4 N–H and O–H groups in total. The van der Waals surface area contributed by atoms with E-state index in [4.69, 9.17) is 22.1 Å². The second-order valence-corrected chi connectivity index (χ2v) is 7.45. The van der Waals surface area contributed by atoms with E-state index in [1.807, 2.05) is 12.1 Å². The van der Waals surface area contributed by atoms with Crippen LogP contribution in [0.15, 0.2) is 36.4 Å². The highest BCUT2D eigenvalue weighted by atomic mass is 35.5. The molecule has 0 aliphatic rings. The molecule has 2 aromatic rings. The van der Waals surface area contributed by atoms with Crippen molar-refractivity contribution in [3.05, 3.63) is 63.7 Å². The Morgan fingerprint density at radius 3 is 2.23 bits per heavy atom. The number of halogens is 1. The predicted octanol–water partition coefficient (Wildman–Crippen LogP) is 2.40. The summed E-state index contributed by atoms with van der Waals surface area (Å²) >= 11 is 6.17. The summed E-state index contributed by atoms with van der Waals surface area (Å²) in [5.41, 5.74) is 4.99. The summed E-state index contributed by atoms with van der Waals surface area (Å²) in [7, 11) is 0. The Morgan fingerprint density at radius 2 is 1.70 bits per heavy atom. The maximum absolute atomic E-state index is 12.7. The summed E-state index contributed by atoms with van der Waals surface area (Å²) in [6, 6.07) is 11.7. The summed E-state index contributed by atoms with van der Waals surface area (Å²) in [6.07, 6.45) is 0. The van der Waals surface area contributed by atoms with Gasteiger partial charge >= 0.3 is 0 Å². The fourth-order valence-corrected chi connectivity index (χ4v) is 2.81. The molecule has 2 rings (SSSR count). The third kappa shape index (κ3) is 5.26. The summed E-state index contributed by atoms with van der Waals surface area (Å²) in [6.45, 7) is 4.55. The number of anilines is 1. The van der Waals surface area contributed by atoms with Crippen LogP contribution in [0.2, 0.25) is 5.02 Å². The molecule has 0 aromatic heterocycles. The molecule has 0 heterocycles. The Bertz CT molecular complexity index is 1050. The standard InChI is InChI=1S/C21H20ClN5O3/c1-12-16(9-8-15(11-24)17(12)22)25-18(21(2,3)30)20(29)27-26-19(28)14-6-4-13(10-23)5-7-14/h4-9,18,25,30H,1-3H3,(H,26,28)(H,27,29). The van der Waals surface area contributed by atoms with Crippen molar-refractivity contribution in [1.82, 2.24) is 10.9 Å². The lowest BCUT2D eigenvalue weighted by atomic mass is 9.97. The minimum Gasteiger partial charge on any atom is -0.388 e. The lowest BCUT2D eigenvalue weighted by molar-refractivity contribution is -0.127. The molecule has 0 saturated heterocycles. The molecule has 2 amide bonds. The number of carbonyl (C=O) groups is 2. The Balaban J connectivity index is 2.15. The molecule has 0 aliphatic heterocycles. The maximum Gasteiger partial charge on any atom is 0.269 e. The molecule has 0 radical (unpaired) electrons. The third-order valence-corrected chi connectivity index (χ3v) is 4.84. The van der Waals surface area contributed by atoms with Crippen molar-refractivity contribution in [3.8, 4) is 12.1 Å². The van der Waals surface area contributed by atoms with Crippen molar-refractivity contribution < 1.29 is 14.7 Å². The summed E-state index contributed by atoms with van der Waals surface area (Å²) in [4.78, 5) is 24.9. The monoisotopic (exact) mass is 425 g/mol. The Labute approximate surface area is 179 Å². The van der Waals surface area contributed by atoms with E-state index >= 15 is 0 Å². The van der Waals surface area contributed by atoms with Crippen molar-refractivity contribution in [2.75, 3.05) is 5.32 Å². The van der Waals surface area contributed by atoms with Gasteiger partial charge in [0.25, 0.3) is 11.8 Å². The number of nitrogens with one attached hydrogen (secondary N) is 3. The van der Waals surface area contributed by atoms with Gasteiger partial charge in [-0.3, -0.25) is 20.4 Å². The lowest BCUT2D eigenvalue weighted by Gasteiger charge is -2.30. The SMILES string of the molecule is Cc1c(NC(C(=O)NNC(=O)c2ccc(C#N)cc2)C(C)(C)O)ccc(C#N)c1Cl. The molecule has 0 bridgehead atoms. The number of hydrazine groups is 1. The van der Waals surface area contributed by atoms with Gasteiger partial charge in [0, 0.05) is 11.3 Å². The highest BCUT2D eigenvalue weighted by Crippen LogP contribution is 2.28. The predicted molar refractivity (Wildman–Crippen MR) is 111 cm³/mol. The van der Waals surface area contributed by atoms with E-state index in [2.05, 4.69) is 16.2 Å². The largest absolute Gasteiger partial charge is 0.388 e. The van der Waals surface area contributed by atoms with Gasteiger partial charge in [0.2, 0.25) is 0 Å². The Hall–Kier alpha value is -3.59. The Kier molecular flexibility index (Phi) is 7.01. The van der Waals surface area contributed by atoms with Gasteiger partial charge in [-0.25, -0.2) is 0 Å². The molecule has 0 spiro atoms. The normalized spacial score (nSPS) is 11.6. The third-order valence-electron chi connectivity index (χ3n) is 4.35. The summed E-state index contributed by atoms with van der Waals surface area (Å²) < 4.78 is 0. The zero-order valence-electron chi connectivity index (χ0n) is 16.6. The fraction of sp³-hybridized carbons (Fsp3) is 0.238. The first kappa shape index (κ1) is 22.7. The number of hydrogen-bond acceptors (Lipinski definition) is 6. The maximum atomic E-state index is 12.7. The minimum absolute atomic E-state index is 0.242. The number of nitrogens with zero attached hydrogens (tertiary/aromatic N) is 2. The zero-order valence-corrected chi connectivity index (χ0v) is 17.3. The molecular weight excluding hydrogens is 406 g/mol. The average Bonchev–Trinajstić information content (AvgIpc) is 2.72. The summed E-state index contributed by atoms with van der Waals surface area (Å²) in [5, 5.41) is 31.5. The average molecular weight is 426 g/mol. The quantitative estimate of drug-likeness (QED) is 0.542. The van der Waals surface area contributed by atoms with Crippen LogP contribution in [0, 0.1) is 29.6 Å². The van der Waals surface area contributed by atoms with Crippen molar-refractivity contribution in [3.63, 3.8) is 0 Å². The number of rotatable bonds is 5. The molecule has 0 fully saturated rings. The molecule has 8 nitrogen and oxygen atoms in total. The van der Waals surface area contributed by atoms with Crippen LogP contribution in [0.3, 0.4) is 0 Å². The van der Waals surface area contributed by atoms with Crippen molar-refractivity contribution >= 4 is 29.1 Å². The lowest BCUT2D eigenvalue weighted by Crippen LogP contribution is -2.56. The highest BCUT2D eigenvalue weighted by molar-refractivity contribution is 6.32. The van der Waals surface area contributed by atoms with Crippen LogP contribution in [0.1, 0.15) is 40.9 Å². The number of amides is 2. The first-order valence-electron chi connectivity index (χ1n) is 8.87. The van der Waals surface area contributed by atoms with Crippen LogP contribution in [0.25, 0.3) is 0 Å². The molecule has 0 aliphatic carbocycles. The van der Waals surface area contributed by atoms with Gasteiger partial charge in [-0.2, -0.15) is 10.5 Å². The molecule has 154 valence electrons. The van der Waals surface area contributed by atoms with Crippen LogP contribution >= 0.6 is 11.6 Å². The van der Waals surface area contributed by atoms with Crippen LogP contribution in [0.5, 0.6) is 0 Å². The van der Waals surface area contributed by atoms with Crippen molar-refractivity contribution in [1.29, 1.82) is 10.5 Å². The first-order chi connectivity index (χ1) is 14.1. The molecule has 1 atom stereocenters. The number of nitriles is 2. The van der Waals surface area contributed by atoms with E-state index in [0.717, 1.165) is 0 Å². The van der Waals surface area contributed by atoms with Gasteiger partial charge in [0.05, 0.1) is 27.8 Å².